The summed E-state index contributed by atoms with van der Waals surface area (Å²) in [6.07, 6.45) is 5.70. The number of aliphatic hydroxyl groups is 1. The van der Waals surface area contributed by atoms with Crippen LogP contribution in [0.4, 0.5) is 0 Å². The zero-order valence-corrected chi connectivity index (χ0v) is 12.9. The predicted molar refractivity (Wildman–Crippen MR) is 82.7 cm³/mol. The molecule has 0 radical (unpaired) electrons. The first-order valence-corrected chi connectivity index (χ1v) is 8.08. The van der Waals surface area contributed by atoms with E-state index in [9.17, 15) is 5.11 Å². The Morgan fingerprint density at radius 3 is 2.70 bits per heavy atom. The van der Waals surface area contributed by atoms with Crippen LogP contribution in [0.3, 0.4) is 0 Å². The summed E-state index contributed by atoms with van der Waals surface area (Å²) >= 11 is 0. The van der Waals surface area contributed by atoms with E-state index in [1.165, 1.54) is 36.0 Å². The molecule has 1 aliphatic heterocycles. The van der Waals surface area contributed by atoms with Crippen molar-refractivity contribution in [1.82, 2.24) is 4.90 Å². The van der Waals surface area contributed by atoms with E-state index in [1.54, 1.807) is 0 Å². The van der Waals surface area contributed by atoms with Gasteiger partial charge in [0.1, 0.15) is 0 Å². The lowest BCUT2D eigenvalue weighted by Gasteiger charge is -2.47. The third-order valence-electron chi connectivity index (χ3n) is 5.54. The van der Waals surface area contributed by atoms with Crippen molar-refractivity contribution in [3.63, 3.8) is 0 Å². The molecular formula is C18H27NO. The van der Waals surface area contributed by atoms with Crippen molar-refractivity contribution >= 4 is 0 Å². The van der Waals surface area contributed by atoms with Crippen LogP contribution >= 0.6 is 0 Å². The molecule has 2 atom stereocenters. The minimum absolute atomic E-state index is 0.352. The van der Waals surface area contributed by atoms with Gasteiger partial charge in [-0.1, -0.05) is 31.0 Å². The number of hydrogen-bond donors (Lipinski definition) is 1. The zero-order chi connectivity index (χ0) is 14.2. The van der Waals surface area contributed by atoms with Gasteiger partial charge >= 0.3 is 0 Å². The first-order chi connectivity index (χ1) is 9.58. The summed E-state index contributed by atoms with van der Waals surface area (Å²) in [4.78, 5) is 2.56. The first-order valence-electron chi connectivity index (χ1n) is 8.08. The maximum absolute atomic E-state index is 10.8. The van der Waals surface area contributed by atoms with Crippen molar-refractivity contribution in [2.24, 2.45) is 5.92 Å². The Labute approximate surface area is 122 Å². The molecule has 1 heterocycles. The standard InChI is InChI=1S/C18H27NO/c1-14-6-5-7-15(2)17(14)13-19-11-10-18(20)9-4-3-8-16(18)12-19/h5-7,16,20H,3-4,8-13H2,1-2H3. The van der Waals surface area contributed by atoms with E-state index in [4.69, 9.17) is 0 Å². The van der Waals surface area contributed by atoms with Crippen LogP contribution in [0, 0.1) is 19.8 Å². The summed E-state index contributed by atoms with van der Waals surface area (Å²) in [6, 6.07) is 6.57. The molecule has 20 heavy (non-hydrogen) atoms. The van der Waals surface area contributed by atoms with Crippen molar-refractivity contribution in [2.75, 3.05) is 13.1 Å². The van der Waals surface area contributed by atoms with Gasteiger partial charge in [0.15, 0.2) is 0 Å². The fraction of sp³-hybridized carbons (Fsp3) is 0.667. The highest BCUT2D eigenvalue weighted by Crippen LogP contribution is 2.40. The minimum Gasteiger partial charge on any atom is -0.390 e. The molecule has 0 bridgehead atoms. The topological polar surface area (TPSA) is 23.5 Å². The summed E-state index contributed by atoms with van der Waals surface area (Å²) in [5.41, 5.74) is 3.92. The Morgan fingerprint density at radius 1 is 1.20 bits per heavy atom. The lowest BCUT2D eigenvalue weighted by Crippen LogP contribution is -2.53. The van der Waals surface area contributed by atoms with Crippen molar-refractivity contribution < 1.29 is 5.11 Å². The van der Waals surface area contributed by atoms with Crippen molar-refractivity contribution in [1.29, 1.82) is 0 Å². The summed E-state index contributed by atoms with van der Waals surface area (Å²) in [6.45, 7) is 7.59. The lowest BCUT2D eigenvalue weighted by atomic mass is 9.71. The molecule has 2 unspecified atom stereocenters. The molecule has 1 aromatic rings. The summed E-state index contributed by atoms with van der Waals surface area (Å²) in [7, 11) is 0. The summed E-state index contributed by atoms with van der Waals surface area (Å²) < 4.78 is 0. The van der Waals surface area contributed by atoms with Crippen LogP contribution < -0.4 is 0 Å². The molecule has 2 aliphatic rings. The number of aryl methyl sites for hydroxylation is 2. The van der Waals surface area contributed by atoms with Gasteiger partial charge in [-0.15, -0.1) is 0 Å². The average Bonchev–Trinajstić information content (AvgIpc) is 2.43. The van der Waals surface area contributed by atoms with E-state index < -0.39 is 0 Å². The Balaban J connectivity index is 1.71. The van der Waals surface area contributed by atoms with Gasteiger partial charge in [-0.05, 0) is 49.8 Å². The van der Waals surface area contributed by atoms with Crippen molar-refractivity contribution in [3.05, 3.63) is 34.9 Å². The minimum atomic E-state index is -0.352. The first kappa shape index (κ1) is 14.1. The van der Waals surface area contributed by atoms with Crippen LogP contribution in [0.25, 0.3) is 0 Å². The fourth-order valence-corrected chi connectivity index (χ4v) is 4.11. The van der Waals surface area contributed by atoms with E-state index in [0.29, 0.717) is 5.92 Å². The number of likely N-dealkylation sites (tertiary alicyclic amines) is 1. The second-order valence-electron chi connectivity index (χ2n) is 6.90. The summed E-state index contributed by atoms with van der Waals surface area (Å²) in [5, 5.41) is 10.8. The van der Waals surface area contributed by atoms with Crippen LogP contribution in [0.5, 0.6) is 0 Å². The van der Waals surface area contributed by atoms with E-state index in [0.717, 1.165) is 32.5 Å². The molecule has 110 valence electrons. The molecule has 0 amide bonds. The van der Waals surface area contributed by atoms with Gasteiger partial charge in [0.2, 0.25) is 0 Å². The highest BCUT2D eigenvalue weighted by molar-refractivity contribution is 5.33. The van der Waals surface area contributed by atoms with Crippen LogP contribution in [0.15, 0.2) is 18.2 Å². The van der Waals surface area contributed by atoms with Crippen molar-refractivity contribution in [3.8, 4) is 0 Å². The molecule has 1 aromatic carbocycles. The summed E-state index contributed by atoms with van der Waals surface area (Å²) in [5.74, 6) is 0.495. The number of rotatable bonds is 2. The fourth-order valence-electron chi connectivity index (χ4n) is 4.11. The maximum Gasteiger partial charge on any atom is 0.0700 e. The van der Waals surface area contributed by atoms with Gasteiger partial charge in [-0.3, -0.25) is 4.90 Å². The second-order valence-corrected chi connectivity index (χ2v) is 6.90. The monoisotopic (exact) mass is 273 g/mol. The largest absolute Gasteiger partial charge is 0.390 e. The average molecular weight is 273 g/mol. The molecule has 2 heteroatoms. The number of nitrogens with zero attached hydrogens (tertiary/aromatic N) is 1. The van der Waals surface area contributed by atoms with Crippen LogP contribution in [-0.2, 0) is 6.54 Å². The Bertz CT molecular complexity index is 464. The number of fused-ring (bicyclic) bond motifs is 1. The number of benzene rings is 1. The molecule has 1 saturated heterocycles. The normalized spacial score (nSPS) is 31.1. The van der Waals surface area contributed by atoms with E-state index in [1.807, 2.05) is 0 Å². The molecule has 1 saturated carbocycles. The molecule has 2 nitrogen and oxygen atoms in total. The number of piperidine rings is 1. The predicted octanol–water partition coefficient (Wildman–Crippen LogP) is 3.43. The molecule has 1 aliphatic carbocycles. The molecular weight excluding hydrogens is 246 g/mol. The third-order valence-corrected chi connectivity index (χ3v) is 5.54. The maximum atomic E-state index is 10.8. The van der Waals surface area contributed by atoms with Gasteiger partial charge < -0.3 is 5.11 Å². The van der Waals surface area contributed by atoms with Gasteiger partial charge in [0.05, 0.1) is 5.60 Å². The highest BCUT2D eigenvalue weighted by Gasteiger charge is 2.42. The van der Waals surface area contributed by atoms with Crippen LogP contribution in [0.1, 0.15) is 48.8 Å². The lowest BCUT2D eigenvalue weighted by molar-refractivity contribution is -0.0968. The van der Waals surface area contributed by atoms with Gasteiger partial charge in [0, 0.05) is 25.6 Å². The molecule has 1 N–H and O–H groups in total. The molecule has 3 rings (SSSR count). The quantitative estimate of drug-likeness (QED) is 0.892. The number of hydrogen-bond acceptors (Lipinski definition) is 2. The Morgan fingerprint density at radius 2 is 1.95 bits per heavy atom. The van der Waals surface area contributed by atoms with Gasteiger partial charge in [0.25, 0.3) is 0 Å². The highest BCUT2D eigenvalue weighted by atomic mass is 16.3. The van der Waals surface area contributed by atoms with Gasteiger partial charge in [-0.25, -0.2) is 0 Å². The smallest absolute Gasteiger partial charge is 0.0700 e. The van der Waals surface area contributed by atoms with Crippen molar-refractivity contribution in [2.45, 2.75) is 58.1 Å². The Hall–Kier alpha value is -0.860. The molecule has 0 aromatic heterocycles. The molecule has 2 fully saturated rings. The van der Waals surface area contributed by atoms with Crippen LogP contribution in [-0.4, -0.2) is 28.7 Å². The SMILES string of the molecule is Cc1cccc(C)c1CN1CCC2(O)CCCCC2C1. The van der Waals surface area contributed by atoms with Gasteiger partial charge in [-0.2, -0.15) is 0 Å². The Kier molecular flexibility index (Phi) is 3.87. The van der Waals surface area contributed by atoms with E-state index in [2.05, 4.69) is 36.9 Å². The van der Waals surface area contributed by atoms with E-state index >= 15 is 0 Å². The van der Waals surface area contributed by atoms with E-state index in [-0.39, 0.29) is 5.60 Å². The molecule has 0 spiro atoms. The zero-order valence-electron chi connectivity index (χ0n) is 12.9. The third kappa shape index (κ3) is 2.64. The van der Waals surface area contributed by atoms with Crippen LogP contribution in [0.2, 0.25) is 0 Å². The second kappa shape index (κ2) is 5.50.